The van der Waals surface area contributed by atoms with Crippen LogP contribution in [0.2, 0.25) is 0 Å². The molecule has 0 radical (unpaired) electrons. The van der Waals surface area contributed by atoms with Crippen LogP contribution in [0.4, 0.5) is 14.5 Å². The van der Waals surface area contributed by atoms with Gasteiger partial charge < -0.3 is 30.0 Å². The largest absolute Gasteiger partial charge is 0.489 e. The average Bonchev–Trinajstić information content (AvgIpc) is 3.59. The second-order valence-corrected chi connectivity index (χ2v) is 9.19. The van der Waals surface area contributed by atoms with Crippen LogP contribution in [-0.4, -0.2) is 35.2 Å². The van der Waals surface area contributed by atoms with Crippen molar-refractivity contribution in [2.75, 3.05) is 11.9 Å². The molecule has 2 aromatic carbocycles. The van der Waals surface area contributed by atoms with Crippen molar-refractivity contribution >= 4 is 30.0 Å². The summed E-state index contributed by atoms with van der Waals surface area (Å²) in [4.78, 5) is 28.8. The SMILES string of the molecule is CCC(C(=O)O)c1ccc(NC(=O)c2nc(-c3ccc(OC(F)F)c(OCC4CC4)c3)oc2C(C)N)cc1.Cl. The van der Waals surface area contributed by atoms with Gasteiger partial charge in [-0.3, -0.25) is 9.59 Å². The molecule has 1 aromatic heterocycles. The van der Waals surface area contributed by atoms with Crippen molar-refractivity contribution in [3.63, 3.8) is 0 Å². The molecule has 9 nitrogen and oxygen atoms in total. The van der Waals surface area contributed by atoms with Gasteiger partial charge in [0.05, 0.1) is 18.6 Å². The fourth-order valence-electron chi connectivity index (χ4n) is 3.91. The van der Waals surface area contributed by atoms with E-state index < -0.39 is 30.4 Å². The van der Waals surface area contributed by atoms with Crippen molar-refractivity contribution in [2.45, 2.75) is 51.7 Å². The van der Waals surface area contributed by atoms with Crippen LogP contribution in [0.5, 0.6) is 11.5 Å². The number of aromatic nitrogens is 1. The van der Waals surface area contributed by atoms with Crippen LogP contribution in [0.3, 0.4) is 0 Å². The lowest BCUT2D eigenvalue weighted by Crippen LogP contribution is -2.17. The molecule has 2 atom stereocenters. The highest BCUT2D eigenvalue weighted by atomic mass is 35.5. The highest BCUT2D eigenvalue weighted by Crippen LogP contribution is 2.37. The number of hydrogen-bond donors (Lipinski definition) is 3. The molecule has 4 rings (SSSR count). The Labute approximate surface area is 230 Å². The molecule has 0 spiro atoms. The second-order valence-electron chi connectivity index (χ2n) is 9.19. The van der Waals surface area contributed by atoms with Crippen molar-refractivity contribution in [3.8, 4) is 23.0 Å². The van der Waals surface area contributed by atoms with Crippen molar-refractivity contribution < 1.29 is 37.4 Å². The zero-order valence-electron chi connectivity index (χ0n) is 21.4. The van der Waals surface area contributed by atoms with Crippen LogP contribution in [-0.2, 0) is 4.79 Å². The van der Waals surface area contributed by atoms with Gasteiger partial charge in [-0.15, -0.1) is 12.4 Å². The maximum Gasteiger partial charge on any atom is 0.387 e. The number of benzene rings is 2. The third-order valence-corrected chi connectivity index (χ3v) is 6.14. The second kappa shape index (κ2) is 12.9. The number of carbonyl (C=O) groups is 2. The summed E-state index contributed by atoms with van der Waals surface area (Å²) in [6.45, 7) is 0.777. The normalized spacial score (nSPS) is 14.3. The Morgan fingerprint density at radius 2 is 1.87 bits per heavy atom. The van der Waals surface area contributed by atoms with E-state index in [-0.39, 0.29) is 41.3 Å². The molecule has 0 saturated heterocycles. The molecule has 210 valence electrons. The molecule has 1 aliphatic rings. The van der Waals surface area contributed by atoms with Gasteiger partial charge in [-0.05, 0) is 68.0 Å². The number of nitrogens with two attached hydrogens (primary N) is 1. The van der Waals surface area contributed by atoms with Gasteiger partial charge in [-0.2, -0.15) is 8.78 Å². The first-order valence-electron chi connectivity index (χ1n) is 12.3. The van der Waals surface area contributed by atoms with Gasteiger partial charge >= 0.3 is 12.6 Å². The Kier molecular flexibility index (Phi) is 9.87. The number of nitrogens with zero attached hydrogens (tertiary/aromatic N) is 1. The van der Waals surface area contributed by atoms with Crippen LogP contribution in [0.1, 0.15) is 66.9 Å². The van der Waals surface area contributed by atoms with Gasteiger partial charge in [0, 0.05) is 11.3 Å². The standard InChI is InChI=1S/C27H29F2N3O6.ClH/c1-3-19(26(34)35)16-6-9-18(10-7-16)31-24(33)22-23(14(2)30)38-25(32-22)17-8-11-20(37-27(28)29)21(12-17)36-13-15-4-5-15;/h6-12,14-15,19,27H,3-5,13,30H2,1-2H3,(H,31,33)(H,34,35);1H. The lowest BCUT2D eigenvalue weighted by molar-refractivity contribution is -0.138. The maximum atomic E-state index is 13.1. The Hall–Kier alpha value is -3.70. The smallest absolute Gasteiger partial charge is 0.387 e. The zero-order valence-corrected chi connectivity index (χ0v) is 22.2. The number of hydrogen-bond acceptors (Lipinski definition) is 7. The predicted molar refractivity (Wildman–Crippen MR) is 142 cm³/mol. The van der Waals surface area contributed by atoms with Gasteiger partial charge in [-0.25, -0.2) is 4.98 Å². The molecule has 12 heteroatoms. The van der Waals surface area contributed by atoms with Crippen molar-refractivity contribution in [2.24, 2.45) is 11.7 Å². The van der Waals surface area contributed by atoms with Crippen molar-refractivity contribution in [3.05, 3.63) is 59.5 Å². The Morgan fingerprint density at radius 1 is 1.18 bits per heavy atom. The number of carboxylic acid groups (broad SMARTS) is 1. The van der Waals surface area contributed by atoms with Gasteiger partial charge in [-0.1, -0.05) is 19.1 Å². The van der Waals surface area contributed by atoms with E-state index in [1.54, 1.807) is 38.1 Å². The minimum atomic E-state index is -3.02. The molecule has 0 aliphatic heterocycles. The summed E-state index contributed by atoms with van der Waals surface area (Å²) in [5.74, 6) is -1.55. The molecule has 2 unspecified atom stereocenters. The van der Waals surface area contributed by atoms with E-state index in [1.807, 2.05) is 0 Å². The number of aliphatic carboxylic acids is 1. The summed E-state index contributed by atoms with van der Waals surface area (Å²) >= 11 is 0. The Morgan fingerprint density at radius 3 is 2.44 bits per heavy atom. The molecule has 1 heterocycles. The first-order valence-corrected chi connectivity index (χ1v) is 12.3. The molecular weight excluding hydrogens is 536 g/mol. The van der Waals surface area contributed by atoms with Crippen LogP contribution in [0, 0.1) is 5.92 Å². The van der Waals surface area contributed by atoms with Crippen LogP contribution in [0.25, 0.3) is 11.5 Å². The van der Waals surface area contributed by atoms with E-state index in [0.717, 1.165) is 12.8 Å². The molecule has 39 heavy (non-hydrogen) atoms. The monoisotopic (exact) mass is 565 g/mol. The summed E-state index contributed by atoms with van der Waals surface area (Å²) in [7, 11) is 0. The number of rotatable bonds is 12. The van der Waals surface area contributed by atoms with Gasteiger partial charge in [0.1, 0.15) is 0 Å². The van der Waals surface area contributed by atoms with Gasteiger partial charge in [0.2, 0.25) is 5.89 Å². The van der Waals surface area contributed by atoms with E-state index in [2.05, 4.69) is 15.0 Å². The molecular formula is C27H30ClF2N3O6. The number of oxazole rings is 1. The lowest BCUT2D eigenvalue weighted by Gasteiger charge is -2.12. The topological polar surface area (TPSA) is 137 Å². The molecule has 1 saturated carbocycles. The van der Waals surface area contributed by atoms with E-state index in [9.17, 15) is 23.5 Å². The number of ether oxygens (including phenoxy) is 2. The molecule has 0 bridgehead atoms. The Balaban J connectivity index is 0.00000420. The van der Waals surface area contributed by atoms with Gasteiger partial charge in [0.25, 0.3) is 5.91 Å². The number of anilines is 1. The number of alkyl halides is 2. The lowest BCUT2D eigenvalue weighted by atomic mass is 9.96. The number of carboxylic acids is 1. The predicted octanol–water partition coefficient (Wildman–Crippen LogP) is 6.00. The summed E-state index contributed by atoms with van der Waals surface area (Å²) < 4.78 is 41.9. The highest BCUT2D eigenvalue weighted by molar-refractivity contribution is 6.04. The zero-order chi connectivity index (χ0) is 27.4. The van der Waals surface area contributed by atoms with Crippen LogP contribution in [0.15, 0.2) is 46.9 Å². The van der Waals surface area contributed by atoms with E-state index in [0.29, 0.717) is 35.8 Å². The van der Waals surface area contributed by atoms with Crippen LogP contribution < -0.4 is 20.5 Å². The molecule has 1 amide bonds. The first kappa shape index (κ1) is 29.9. The van der Waals surface area contributed by atoms with Crippen LogP contribution >= 0.6 is 12.4 Å². The summed E-state index contributed by atoms with van der Waals surface area (Å²) in [6.07, 6.45) is 2.47. The van der Waals surface area contributed by atoms with E-state index >= 15 is 0 Å². The molecule has 1 fully saturated rings. The minimum absolute atomic E-state index is 0. The van der Waals surface area contributed by atoms with Crippen molar-refractivity contribution in [1.82, 2.24) is 4.98 Å². The number of amides is 1. The van der Waals surface area contributed by atoms with E-state index in [1.165, 1.54) is 18.2 Å². The third kappa shape index (κ3) is 7.45. The highest BCUT2D eigenvalue weighted by Gasteiger charge is 2.26. The first-order chi connectivity index (χ1) is 18.2. The van der Waals surface area contributed by atoms with Gasteiger partial charge in [0.15, 0.2) is 23.0 Å². The summed E-state index contributed by atoms with van der Waals surface area (Å²) in [5, 5.41) is 12.1. The fraction of sp³-hybridized carbons (Fsp3) is 0.370. The number of nitrogens with one attached hydrogen (secondary N) is 1. The Bertz CT molecular complexity index is 1300. The summed E-state index contributed by atoms with van der Waals surface area (Å²) in [6, 6.07) is 10.1. The average molecular weight is 566 g/mol. The molecule has 1 aliphatic carbocycles. The quantitative estimate of drug-likeness (QED) is 0.243. The fourth-order valence-corrected chi connectivity index (χ4v) is 3.91. The van der Waals surface area contributed by atoms with E-state index in [4.69, 9.17) is 14.9 Å². The molecule has 4 N–H and O–H groups in total. The number of carbonyl (C=O) groups excluding carboxylic acids is 1. The number of halogens is 3. The third-order valence-electron chi connectivity index (χ3n) is 6.14. The molecule has 3 aromatic rings. The maximum absolute atomic E-state index is 13.1. The summed E-state index contributed by atoms with van der Waals surface area (Å²) in [5.41, 5.74) is 7.44. The van der Waals surface area contributed by atoms with Crippen molar-refractivity contribution in [1.29, 1.82) is 0 Å². The minimum Gasteiger partial charge on any atom is -0.489 e.